The quantitative estimate of drug-likeness (QED) is 0.268. The summed E-state index contributed by atoms with van der Waals surface area (Å²) in [6, 6.07) is 11.4. The molecule has 0 amide bonds. The first-order valence-corrected chi connectivity index (χ1v) is 11.8. The van der Waals surface area contributed by atoms with Gasteiger partial charge in [-0.3, -0.25) is 0 Å². The summed E-state index contributed by atoms with van der Waals surface area (Å²) in [5.74, 6) is -0.268. The average molecular weight is 565 g/mol. The molecule has 37 heavy (non-hydrogen) atoms. The van der Waals surface area contributed by atoms with Crippen LogP contribution in [0.5, 0.6) is 11.5 Å². The second-order valence-electron chi connectivity index (χ2n) is 9.64. The molecule has 2 rings (SSSR count). The minimum absolute atomic E-state index is 0. The molecule has 204 valence electrons. The van der Waals surface area contributed by atoms with Gasteiger partial charge in [-0.1, -0.05) is 61.1 Å². The number of hydrogen-bond acceptors (Lipinski definition) is 8. The number of ether oxygens (including phenoxy) is 3. The van der Waals surface area contributed by atoms with Crippen LogP contribution in [-0.4, -0.2) is 42.3 Å². The van der Waals surface area contributed by atoms with Gasteiger partial charge in [-0.2, -0.15) is 0 Å². The molecule has 0 unspecified atom stereocenters. The Morgan fingerprint density at radius 1 is 0.811 bits per heavy atom. The predicted octanol–water partition coefficient (Wildman–Crippen LogP) is 3.41. The summed E-state index contributed by atoms with van der Waals surface area (Å²) in [4.78, 5) is 22.9. The standard InChI is InChI=1S/C14H20O3S.C12H16O3S.CH4.Na.H2O/c1-5-16-13(15)9-17-11-7-6-10(8-12(11)18)14(2,3)4;1-12(2,3)8-4-5-9(10(16)6-8)15-7-11(13)14;;;/h6-8,18H,5,9H2,1-4H3;4-6,16H,7H2,1-3H3,(H,13,14);1H4;;1H2/q;;;+1;/p-1. The maximum atomic E-state index is 11.2. The Morgan fingerprint density at radius 2 is 1.19 bits per heavy atom. The first-order chi connectivity index (χ1) is 15.6. The van der Waals surface area contributed by atoms with Gasteiger partial charge in [0.25, 0.3) is 0 Å². The maximum Gasteiger partial charge on any atom is 1.00 e. The monoisotopic (exact) mass is 564 g/mol. The van der Waals surface area contributed by atoms with Crippen molar-refractivity contribution in [3.05, 3.63) is 47.5 Å². The molecular weight excluding hydrogens is 523 g/mol. The zero-order valence-corrected chi connectivity index (χ0v) is 26.2. The van der Waals surface area contributed by atoms with Crippen molar-refractivity contribution in [1.82, 2.24) is 0 Å². The van der Waals surface area contributed by atoms with Crippen molar-refractivity contribution in [1.29, 1.82) is 0 Å². The smallest absolute Gasteiger partial charge is 0.870 e. The van der Waals surface area contributed by atoms with E-state index in [1.165, 1.54) is 5.56 Å². The number of esters is 1. The molecule has 0 heterocycles. The fourth-order valence-electron chi connectivity index (χ4n) is 2.69. The van der Waals surface area contributed by atoms with E-state index in [-0.39, 0.29) is 72.5 Å². The molecule has 0 aromatic heterocycles. The van der Waals surface area contributed by atoms with Gasteiger partial charge in [0.15, 0.2) is 13.2 Å². The van der Waals surface area contributed by atoms with Crippen LogP contribution in [0.4, 0.5) is 0 Å². The van der Waals surface area contributed by atoms with Crippen LogP contribution in [0.25, 0.3) is 0 Å². The third-order valence-corrected chi connectivity index (χ3v) is 5.35. The van der Waals surface area contributed by atoms with E-state index in [2.05, 4.69) is 66.8 Å². The summed E-state index contributed by atoms with van der Waals surface area (Å²) >= 11 is 8.66. The average Bonchev–Trinajstić information content (AvgIpc) is 2.71. The van der Waals surface area contributed by atoms with Crippen molar-refractivity contribution >= 4 is 37.2 Å². The van der Waals surface area contributed by atoms with Gasteiger partial charge in [0, 0.05) is 9.79 Å². The molecule has 0 bridgehead atoms. The summed E-state index contributed by atoms with van der Waals surface area (Å²) < 4.78 is 15.3. The number of rotatable bonds is 7. The van der Waals surface area contributed by atoms with Gasteiger partial charge in [-0.25, -0.2) is 9.59 Å². The first kappa shape index (κ1) is 40.1. The molecule has 2 aromatic carbocycles. The Morgan fingerprint density at radius 3 is 1.49 bits per heavy atom. The molecule has 2 aromatic rings. The number of carboxylic acids is 1. The van der Waals surface area contributed by atoms with Gasteiger partial charge in [-0.05, 0) is 53.1 Å². The molecule has 0 atom stereocenters. The van der Waals surface area contributed by atoms with E-state index in [1.54, 1.807) is 13.0 Å². The van der Waals surface area contributed by atoms with Gasteiger partial charge in [0.05, 0.1) is 6.61 Å². The first-order valence-electron chi connectivity index (χ1n) is 10.9. The predicted molar refractivity (Wildman–Crippen MR) is 149 cm³/mol. The van der Waals surface area contributed by atoms with Crippen molar-refractivity contribution in [2.45, 2.75) is 76.5 Å². The summed E-state index contributed by atoms with van der Waals surface area (Å²) in [5.41, 5.74) is 2.43. The van der Waals surface area contributed by atoms with Crippen molar-refractivity contribution in [3.8, 4) is 11.5 Å². The van der Waals surface area contributed by atoms with Crippen LogP contribution in [0.2, 0.25) is 0 Å². The number of carboxylic acid groups (broad SMARTS) is 1. The zero-order chi connectivity index (χ0) is 26.1. The summed E-state index contributed by atoms with van der Waals surface area (Å²) in [7, 11) is 0. The van der Waals surface area contributed by atoms with E-state index in [9.17, 15) is 9.59 Å². The minimum Gasteiger partial charge on any atom is -0.870 e. The number of carbonyl (C=O) groups excluding carboxylic acids is 1. The van der Waals surface area contributed by atoms with Crippen LogP contribution < -0.4 is 39.0 Å². The van der Waals surface area contributed by atoms with Crippen molar-refractivity contribution in [2.75, 3.05) is 19.8 Å². The van der Waals surface area contributed by atoms with Gasteiger partial charge in [0.2, 0.25) is 0 Å². The molecule has 2 N–H and O–H groups in total. The van der Waals surface area contributed by atoms with Gasteiger partial charge >= 0.3 is 41.5 Å². The van der Waals surface area contributed by atoms with E-state index in [0.29, 0.717) is 23.0 Å². The van der Waals surface area contributed by atoms with Crippen LogP contribution >= 0.6 is 25.3 Å². The summed E-state index contributed by atoms with van der Waals surface area (Å²) in [5, 5.41) is 8.50. The van der Waals surface area contributed by atoms with E-state index in [4.69, 9.17) is 19.3 Å². The van der Waals surface area contributed by atoms with Crippen molar-refractivity contribution in [3.63, 3.8) is 0 Å². The Bertz CT molecular complexity index is 984. The second-order valence-corrected chi connectivity index (χ2v) is 10.6. The Labute approximate surface area is 255 Å². The van der Waals surface area contributed by atoms with Crippen LogP contribution in [0.3, 0.4) is 0 Å². The van der Waals surface area contributed by atoms with Gasteiger partial charge < -0.3 is 24.8 Å². The molecule has 0 saturated heterocycles. The zero-order valence-electron chi connectivity index (χ0n) is 22.4. The van der Waals surface area contributed by atoms with Gasteiger partial charge in [0.1, 0.15) is 11.5 Å². The number of hydrogen-bond donors (Lipinski definition) is 3. The molecule has 0 radical (unpaired) electrons. The molecule has 0 aliphatic carbocycles. The van der Waals surface area contributed by atoms with Crippen LogP contribution in [0.1, 0.15) is 67.0 Å². The normalized spacial score (nSPS) is 10.3. The third kappa shape index (κ3) is 15.0. The van der Waals surface area contributed by atoms with Crippen LogP contribution in [-0.2, 0) is 25.2 Å². The number of aliphatic carboxylic acids is 1. The minimum atomic E-state index is -0.993. The molecular formula is C27H41NaO7S2. The molecule has 0 spiro atoms. The van der Waals surface area contributed by atoms with Crippen molar-refractivity contribution < 1.29 is 63.9 Å². The maximum absolute atomic E-state index is 11.2. The van der Waals surface area contributed by atoms with E-state index < -0.39 is 5.97 Å². The molecule has 10 heteroatoms. The van der Waals surface area contributed by atoms with E-state index >= 15 is 0 Å². The fourth-order valence-corrected chi connectivity index (χ4v) is 3.25. The summed E-state index contributed by atoms with van der Waals surface area (Å²) in [6.45, 7) is 14.4. The topological polar surface area (TPSA) is 112 Å². The molecule has 0 fully saturated rings. The van der Waals surface area contributed by atoms with Crippen molar-refractivity contribution in [2.24, 2.45) is 0 Å². The number of thiol groups is 2. The van der Waals surface area contributed by atoms with Gasteiger partial charge in [-0.15, -0.1) is 25.3 Å². The Kier molecular flexibility index (Phi) is 19.6. The third-order valence-electron chi connectivity index (χ3n) is 4.65. The molecule has 7 nitrogen and oxygen atoms in total. The molecule has 0 saturated carbocycles. The Hall–Kier alpha value is -1.36. The van der Waals surface area contributed by atoms with Crippen LogP contribution in [0.15, 0.2) is 46.2 Å². The summed E-state index contributed by atoms with van der Waals surface area (Å²) in [6.07, 6.45) is 0. The van der Waals surface area contributed by atoms with Crippen LogP contribution in [0, 0.1) is 0 Å². The van der Waals surface area contributed by atoms with E-state index in [1.807, 2.05) is 30.3 Å². The van der Waals surface area contributed by atoms with E-state index in [0.717, 1.165) is 10.5 Å². The number of carbonyl (C=O) groups is 2. The largest absolute Gasteiger partial charge is 1.00 e. The number of benzene rings is 2. The second kappa shape index (κ2) is 18.0. The molecule has 0 aliphatic heterocycles. The SMILES string of the molecule is C.CC(C)(C)c1ccc(OCC(=O)O)c(S)c1.CCOC(=O)COc1ccc(C(C)(C)C)cc1S.[Na+].[OH-]. The molecule has 0 aliphatic rings. The Balaban J connectivity index is -0.000000581. The fraction of sp³-hybridized carbons (Fsp3) is 0.481.